The Bertz CT molecular complexity index is 1120. The Morgan fingerprint density at radius 1 is 1.03 bits per heavy atom. The molecule has 7 nitrogen and oxygen atoms in total. The number of aromatic nitrogens is 1. The molecule has 2 N–H and O–H groups in total. The van der Waals surface area contributed by atoms with E-state index in [9.17, 15) is 9.59 Å². The first-order chi connectivity index (χ1) is 14.2. The van der Waals surface area contributed by atoms with Crippen LogP contribution in [0.5, 0.6) is 11.5 Å². The summed E-state index contributed by atoms with van der Waals surface area (Å²) in [5.74, 6) is 0.274. The number of aryl methyl sites for hydroxylation is 2. The van der Waals surface area contributed by atoms with E-state index < -0.39 is 11.9 Å². The van der Waals surface area contributed by atoms with E-state index in [0.29, 0.717) is 22.7 Å². The highest BCUT2D eigenvalue weighted by atomic mass is 16.7. The summed E-state index contributed by atoms with van der Waals surface area (Å²) in [6.07, 6.45) is 4.41. The second-order valence-corrected chi connectivity index (χ2v) is 7.24. The van der Waals surface area contributed by atoms with Gasteiger partial charge < -0.3 is 24.5 Å². The topological polar surface area (TPSA) is 89.7 Å². The lowest BCUT2D eigenvalue weighted by molar-refractivity contribution is -0.119. The largest absolute Gasteiger partial charge is 0.454 e. The number of hydrogen-bond acceptors (Lipinski definition) is 5. The van der Waals surface area contributed by atoms with Crippen LogP contribution in [0.2, 0.25) is 0 Å². The van der Waals surface area contributed by atoms with Gasteiger partial charge in [0.25, 0.3) is 5.91 Å². The van der Waals surface area contributed by atoms with Gasteiger partial charge in [-0.2, -0.15) is 0 Å². The van der Waals surface area contributed by atoms with Gasteiger partial charge in [-0.05, 0) is 61.6 Å². The Balaban J connectivity index is 1.24. The fourth-order valence-corrected chi connectivity index (χ4v) is 3.92. The second-order valence-electron chi connectivity index (χ2n) is 7.24. The van der Waals surface area contributed by atoms with Crippen LogP contribution in [0.15, 0.2) is 36.4 Å². The summed E-state index contributed by atoms with van der Waals surface area (Å²) in [4.78, 5) is 28.0. The number of ether oxygens (including phenoxy) is 3. The zero-order chi connectivity index (χ0) is 19.8. The molecule has 0 unspecified atom stereocenters. The number of hydrogen-bond donors (Lipinski definition) is 2. The average molecular weight is 392 g/mol. The van der Waals surface area contributed by atoms with Gasteiger partial charge in [0.05, 0.1) is 5.56 Å². The van der Waals surface area contributed by atoms with Crippen LogP contribution in [-0.2, 0) is 22.4 Å². The van der Waals surface area contributed by atoms with Crippen molar-refractivity contribution in [2.24, 2.45) is 0 Å². The Labute approximate surface area is 167 Å². The molecule has 0 bridgehead atoms. The third-order valence-corrected chi connectivity index (χ3v) is 5.32. The minimum absolute atomic E-state index is 0.166. The highest BCUT2D eigenvalue weighted by Crippen LogP contribution is 2.34. The molecule has 1 amide bonds. The molecular formula is C22H20N2O5. The van der Waals surface area contributed by atoms with Crippen LogP contribution in [0.3, 0.4) is 0 Å². The normalized spacial score (nSPS) is 14.5. The number of carbonyl (C=O) groups excluding carboxylic acids is 2. The average Bonchev–Trinajstić information content (AvgIpc) is 3.35. The number of rotatable bonds is 4. The number of nitrogens with one attached hydrogen (secondary N) is 2. The smallest absolute Gasteiger partial charge is 0.338 e. The van der Waals surface area contributed by atoms with Crippen molar-refractivity contribution in [1.29, 1.82) is 0 Å². The van der Waals surface area contributed by atoms with Crippen molar-refractivity contribution in [3.05, 3.63) is 53.2 Å². The lowest BCUT2D eigenvalue weighted by Gasteiger charge is -2.10. The van der Waals surface area contributed by atoms with E-state index in [1.54, 1.807) is 24.3 Å². The molecule has 29 heavy (non-hydrogen) atoms. The van der Waals surface area contributed by atoms with Gasteiger partial charge in [-0.3, -0.25) is 4.79 Å². The van der Waals surface area contributed by atoms with Crippen LogP contribution < -0.4 is 14.8 Å². The Kier molecular flexibility index (Phi) is 4.35. The molecule has 2 aromatic carbocycles. The molecule has 2 aliphatic rings. The zero-order valence-electron chi connectivity index (χ0n) is 15.7. The van der Waals surface area contributed by atoms with Crippen LogP contribution in [0.25, 0.3) is 10.9 Å². The van der Waals surface area contributed by atoms with Crippen LogP contribution in [0.4, 0.5) is 5.69 Å². The van der Waals surface area contributed by atoms with Gasteiger partial charge in [0.15, 0.2) is 18.1 Å². The molecule has 0 saturated carbocycles. The summed E-state index contributed by atoms with van der Waals surface area (Å²) in [7, 11) is 0. The van der Waals surface area contributed by atoms with E-state index in [4.69, 9.17) is 14.2 Å². The number of anilines is 1. The number of amides is 1. The number of carbonyl (C=O) groups is 2. The van der Waals surface area contributed by atoms with Crippen LogP contribution in [0.1, 0.15) is 34.5 Å². The van der Waals surface area contributed by atoms with Gasteiger partial charge >= 0.3 is 5.97 Å². The molecule has 1 aliphatic carbocycles. The number of esters is 1. The molecule has 0 fully saturated rings. The first kappa shape index (κ1) is 17.6. The van der Waals surface area contributed by atoms with Crippen molar-refractivity contribution in [3.63, 3.8) is 0 Å². The zero-order valence-corrected chi connectivity index (χ0v) is 15.7. The first-order valence-corrected chi connectivity index (χ1v) is 9.67. The lowest BCUT2D eigenvalue weighted by atomic mass is 9.95. The predicted molar refractivity (Wildman–Crippen MR) is 106 cm³/mol. The number of aromatic amines is 1. The number of H-pyrrole nitrogens is 1. The van der Waals surface area contributed by atoms with Crippen molar-refractivity contribution in [1.82, 2.24) is 4.98 Å². The van der Waals surface area contributed by atoms with Crippen molar-refractivity contribution in [3.8, 4) is 11.5 Å². The number of benzene rings is 2. The second kappa shape index (κ2) is 7.16. The molecule has 3 aromatic rings. The van der Waals surface area contributed by atoms with Gasteiger partial charge in [-0.25, -0.2) is 4.79 Å². The monoisotopic (exact) mass is 392 g/mol. The van der Waals surface area contributed by atoms with Crippen molar-refractivity contribution < 1.29 is 23.8 Å². The van der Waals surface area contributed by atoms with Crippen LogP contribution >= 0.6 is 0 Å². The number of fused-ring (bicyclic) bond motifs is 4. The summed E-state index contributed by atoms with van der Waals surface area (Å²) < 4.78 is 15.7. The quantitative estimate of drug-likeness (QED) is 0.663. The molecule has 1 aliphatic heterocycles. The molecule has 7 heteroatoms. The molecule has 5 rings (SSSR count). The molecule has 0 spiro atoms. The third kappa shape index (κ3) is 3.40. The minimum atomic E-state index is -0.515. The molecule has 2 heterocycles. The minimum Gasteiger partial charge on any atom is -0.454 e. The van der Waals surface area contributed by atoms with Crippen molar-refractivity contribution in [2.45, 2.75) is 25.7 Å². The van der Waals surface area contributed by atoms with E-state index in [0.717, 1.165) is 30.2 Å². The maximum absolute atomic E-state index is 12.4. The Morgan fingerprint density at radius 2 is 1.90 bits per heavy atom. The third-order valence-electron chi connectivity index (χ3n) is 5.32. The lowest BCUT2D eigenvalue weighted by Crippen LogP contribution is -2.20. The van der Waals surface area contributed by atoms with Crippen molar-refractivity contribution in [2.75, 3.05) is 18.7 Å². The Hall–Kier alpha value is -3.48. The summed E-state index contributed by atoms with van der Waals surface area (Å²) in [5.41, 5.74) is 4.59. The van der Waals surface area contributed by atoms with Gasteiger partial charge in [0.2, 0.25) is 6.79 Å². The molecule has 1 aromatic heterocycles. The highest BCUT2D eigenvalue weighted by Gasteiger charge is 2.18. The standard InChI is InChI=1S/C22H20N2O5/c25-21(23-14-6-8-19-20(10-14)29-12-28-19)11-27-22(26)13-5-7-18-16(9-13)15-3-1-2-4-17(15)24-18/h5-10,24H,1-4,11-12H2,(H,23,25). The summed E-state index contributed by atoms with van der Waals surface area (Å²) in [6.45, 7) is -0.199. The van der Waals surface area contributed by atoms with E-state index in [-0.39, 0.29) is 13.4 Å². The van der Waals surface area contributed by atoms with Gasteiger partial charge in [-0.15, -0.1) is 0 Å². The van der Waals surface area contributed by atoms with Gasteiger partial charge in [0.1, 0.15) is 0 Å². The summed E-state index contributed by atoms with van der Waals surface area (Å²) in [5, 5.41) is 3.76. The molecule has 0 radical (unpaired) electrons. The highest BCUT2D eigenvalue weighted by molar-refractivity contribution is 5.98. The summed E-state index contributed by atoms with van der Waals surface area (Å²) in [6, 6.07) is 10.6. The molecule has 0 saturated heterocycles. The molecule has 0 atom stereocenters. The van der Waals surface area contributed by atoms with E-state index >= 15 is 0 Å². The molecular weight excluding hydrogens is 372 g/mol. The van der Waals surface area contributed by atoms with E-state index in [1.807, 2.05) is 12.1 Å². The summed E-state index contributed by atoms with van der Waals surface area (Å²) >= 11 is 0. The van der Waals surface area contributed by atoms with Crippen molar-refractivity contribution >= 4 is 28.5 Å². The first-order valence-electron chi connectivity index (χ1n) is 9.67. The Morgan fingerprint density at radius 3 is 2.83 bits per heavy atom. The van der Waals surface area contributed by atoms with E-state index in [2.05, 4.69) is 10.3 Å². The fraction of sp³-hybridized carbons (Fsp3) is 0.273. The van der Waals surface area contributed by atoms with E-state index in [1.165, 1.54) is 17.7 Å². The fourth-order valence-electron chi connectivity index (χ4n) is 3.92. The molecule has 148 valence electrons. The SMILES string of the molecule is O=C(COC(=O)c1ccc2[nH]c3c(c2c1)CCCC3)Nc1ccc2c(c1)OCO2. The van der Waals surface area contributed by atoms with Crippen LogP contribution in [0, 0.1) is 0 Å². The van der Waals surface area contributed by atoms with Gasteiger partial charge in [-0.1, -0.05) is 0 Å². The maximum atomic E-state index is 12.4. The van der Waals surface area contributed by atoms with Crippen LogP contribution in [-0.4, -0.2) is 30.3 Å². The van der Waals surface area contributed by atoms with Gasteiger partial charge in [0, 0.05) is 28.4 Å². The predicted octanol–water partition coefficient (Wildman–Crippen LogP) is 3.57. The maximum Gasteiger partial charge on any atom is 0.338 e.